The molecule has 41 heavy (non-hydrogen) atoms. The number of hydrogen-bond donors (Lipinski definition) is 1. The number of hydroxylamine groups is 4. The number of carbonyl (C=O) groups excluding carboxylic acids is 7. The number of imide groups is 2. The maximum Gasteiger partial charge on any atom is 0.407 e. The van der Waals surface area contributed by atoms with Crippen LogP contribution in [0.1, 0.15) is 55.6 Å². The molecular weight excluding hydrogens is 538 g/mol. The molecule has 2 heterocycles. The molecule has 0 spiro atoms. The number of carbonyl (C=O) groups is 7. The molecule has 2 aromatic carbocycles. The Hall–Kier alpha value is -5.07. The highest BCUT2D eigenvalue weighted by Crippen LogP contribution is 2.44. The van der Waals surface area contributed by atoms with Gasteiger partial charge in [0.25, 0.3) is 23.6 Å². The number of benzene rings is 2. The van der Waals surface area contributed by atoms with E-state index in [1.165, 1.54) is 0 Å². The van der Waals surface area contributed by atoms with Gasteiger partial charge >= 0.3 is 18.0 Å². The van der Waals surface area contributed by atoms with E-state index in [4.69, 9.17) is 14.4 Å². The molecule has 3 aliphatic rings. The van der Waals surface area contributed by atoms with Crippen molar-refractivity contribution in [1.82, 2.24) is 15.4 Å². The number of nitrogens with one attached hydrogen (secondary N) is 1. The van der Waals surface area contributed by atoms with Gasteiger partial charge in [-0.3, -0.25) is 19.2 Å². The van der Waals surface area contributed by atoms with Crippen LogP contribution in [0, 0.1) is 0 Å². The monoisotopic (exact) mass is 563 g/mol. The molecule has 13 nitrogen and oxygen atoms in total. The lowest BCUT2D eigenvalue weighted by molar-refractivity contribution is -0.199. The standard InChI is InChI=1S/C28H25N3O10/c32-22-9-10-23(33)30(22)40-26(36)13-16(14-27(37)41-31-24(34)11-12-25(31)35)29-28(38)39-15-21-19-7-3-1-5-17(19)18-6-2-4-8-20(18)21/h1-8,16,21H,9-15H2,(H,29,38). The molecule has 0 unspecified atom stereocenters. The molecule has 0 aromatic heterocycles. The summed E-state index contributed by atoms with van der Waals surface area (Å²) in [6.45, 7) is -0.0466. The maximum atomic E-state index is 12.8. The third-order valence-corrected chi connectivity index (χ3v) is 6.89. The lowest BCUT2D eigenvalue weighted by Gasteiger charge is -2.21. The van der Waals surface area contributed by atoms with Crippen molar-refractivity contribution >= 4 is 41.7 Å². The Labute approximate surface area is 233 Å². The Morgan fingerprint density at radius 1 is 0.707 bits per heavy atom. The van der Waals surface area contributed by atoms with Gasteiger partial charge in [0, 0.05) is 31.6 Å². The Bertz CT molecular complexity index is 1320. The fourth-order valence-electron chi connectivity index (χ4n) is 4.98. The van der Waals surface area contributed by atoms with Gasteiger partial charge in [-0.1, -0.05) is 48.5 Å². The first-order valence-corrected chi connectivity index (χ1v) is 13.0. The molecule has 1 aliphatic carbocycles. The third-order valence-electron chi connectivity index (χ3n) is 6.89. The van der Waals surface area contributed by atoms with Crippen LogP contribution in [0.3, 0.4) is 0 Å². The summed E-state index contributed by atoms with van der Waals surface area (Å²) in [5.41, 5.74) is 4.00. The second-order valence-electron chi connectivity index (χ2n) is 9.67. The number of hydrogen-bond acceptors (Lipinski definition) is 10. The van der Waals surface area contributed by atoms with E-state index >= 15 is 0 Å². The van der Waals surface area contributed by atoms with E-state index in [1.807, 2.05) is 48.5 Å². The van der Waals surface area contributed by atoms with Gasteiger partial charge in [0.15, 0.2) is 0 Å². The highest BCUT2D eigenvalue weighted by atomic mass is 16.7. The molecule has 2 saturated heterocycles. The summed E-state index contributed by atoms with van der Waals surface area (Å²) in [5, 5.41) is 3.09. The van der Waals surface area contributed by atoms with E-state index in [-0.39, 0.29) is 38.2 Å². The predicted molar refractivity (Wildman–Crippen MR) is 136 cm³/mol. The van der Waals surface area contributed by atoms with E-state index in [2.05, 4.69) is 5.32 Å². The van der Waals surface area contributed by atoms with Gasteiger partial charge in [-0.25, -0.2) is 14.4 Å². The molecule has 0 atom stereocenters. The van der Waals surface area contributed by atoms with Crippen molar-refractivity contribution in [3.05, 3.63) is 59.7 Å². The molecular formula is C28H25N3O10. The summed E-state index contributed by atoms with van der Waals surface area (Å²) in [6.07, 6.45) is -2.72. The fourth-order valence-corrected chi connectivity index (χ4v) is 4.98. The number of alkyl carbamates (subject to hydrolysis) is 1. The van der Waals surface area contributed by atoms with Crippen LogP contribution in [-0.4, -0.2) is 64.4 Å². The van der Waals surface area contributed by atoms with Crippen LogP contribution >= 0.6 is 0 Å². The minimum atomic E-state index is -1.29. The molecule has 212 valence electrons. The van der Waals surface area contributed by atoms with Gasteiger partial charge < -0.3 is 19.7 Å². The minimum absolute atomic E-state index is 0.0466. The van der Waals surface area contributed by atoms with Crippen LogP contribution in [0.5, 0.6) is 0 Å². The van der Waals surface area contributed by atoms with Crippen molar-refractivity contribution in [3.8, 4) is 11.1 Å². The first kappa shape index (κ1) is 27.5. The average molecular weight is 564 g/mol. The summed E-state index contributed by atoms with van der Waals surface area (Å²) in [5.74, 6) is -5.22. The van der Waals surface area contributed by atoms with Crippen LogP contribution in [-0.2, 0) is 43.2 Å². The Balaban J connectivity index is 1.24. The zero-order valence-electron chi connectivity index (χ0n) is 21.7. The van der Waals surface area contributed by atoms with Crippen molar-refractivity contribution < 1.29 is 48.0 Å². The van der Waals surface area contributed by atoms with Gasteiger partial charge in [-0.05, 0) is 22.3 Å². The van der Waals surface area contributed by atoms with E-state index in [0.29, 0.717) is 10.1 Å². The first-order chi connectivity index (χ1) is 19.7. The van der Waals surface area contributed by atoms with Gasteiger partial charge in [0.05, 0.1) is 18.9 Å². The first-order valence-electron chi connectivity index (χ1n) is 13.0. The van der Waals surface area contributed by atoms with Crippen molar-refractivity contribution in [2.24, 2.45) is 0 Å². The second-order valence-corrected chi connectivity index (χ2v) is 9.67. The highest BCUT2D eigenvalue weighted by Gasteiger charge is 2.36. The summed E-state index contributed by atoms with van der Waals surface area (Å²) < 4.78 is 5.48. The van der Waals surface area contributed by atoms with Crippen molar-refractivity contribution in [2.45, 2.75) is 50.5 Å². The van der Waals surface area contributed by atoms with Crippen LogP contribution < -0.4 is 5.32 Å². The molecule has 5 rings (SSSR count). The molecule has 0 bridgehead atoms. The van der Waals surface area contributed by atoms with Crippen LogP contribution in [0.4, 0.5) is 4.79 Å². The summed E-state index contributed by atoms with van der Waals surface area (Å²) in [4.78, 5) is 94.8. The van der Waals surface area contributed by atoms with E-state index < -0.39 is 60.5 Å². The summed E-state index contributed by atoms with van der Waals surface area (Å²) in [6, 6.07) is 14.2. The van der Waals surface area contributed by atoms with Crippen molar-refractivity contribution in [1.29, 1.82) is 0 Å². The number of nitrogens with zero attached hydrogens (tertiary/aromatic N) is 2. The Morgan fingerprint density at radius 2 is 1.12 bits per heavy atom. The van der Waals surface area contributed by atoms with Gasteiger partial charge in [-0.15, -0.1) is 10.1 Å². The van der Waals surface area contributed by atoms with Crippen LogP contribution in [0.2, 0.25) is 0 Å². The SMILES string of the molecule is O=C(CC(CC(=O)ON1C(=O)CCC1=O)NC(=O)OCC1c2ccccc2-c2ccccc21)ON1C(=O)CCC1=O. The zero-order valence-corrected chi connectivity index (χ0v) is 21.7. The normalized spacial score (nSPS) is 16.2. The second kappa shape index (κ2) is 11.6. The molecule has 0 saturated carbocycles. The minimum Gasteiger partial charge on any atom is -0.449 e. The molecule has 5 amide bonds. The van der Waals surface area contributed by atoms with Crippen molar-refractivity contribution in [3.63, 3.8) is 0 Å². The quantitative estimate of drug-likeness (QED) is 0.445. The summed E-state index contributed by atoms with van der Waals surface area (Å²) >= 11 is 0. The largest absolute Gasteiger partial charge is 0.449 e. The molecule has 1 N–H and O–H groups in total. The average Bonchev–Trinajstić information content (AvgIpc) is 3.56. The zero-order chi connectivity index (χ0) is 29.1. The number of rotatable bonds is 9. The molecule has 2 fully saturated rings. The van der Waals surface area contributed by atoms with Crippen molar-refractivity contribution in [2.75, 3.05) is 6.61 Å². The van der Waals surface area contributed by atoms with Gasteiger partial charge in [-0.2, -0.15) is 0 Å². The molecule has 2 aliphatic heterocycles. The van der Waals surface area contributed by atoms with Gasteiger partial charge in [0.2, 0.25) is 0 Å². The third kappa shape index (κ3) is 5.93. The lowest BCUT2D eigenvalue weighted by Crippen LogP contribution is -2.42. The van der Waals surface area contributed by atoms with E-state index in [1.54, 1.807) is 0 Å². The number of fused-ring (bicyclic) bond motifs is 3. The Kier molecular flexibility index (Phi) is 7.77. The van der Waals surface area contributed by atoms with E-state index in [9.17, 15) is 33.6 Å². The predicted octanol–water partition coefficient (Wildman–Crippen LogP) is 1.89. The number of amides is 5. The van der Waals surface area contributed by atoms with Crippen LogP contribution in [0.15, 0.2) is 48.5 Å². The maximum absolute atomic E-state index is 12.8. The topological polar surface area (TPSA) is 166 Å². The molecule has 2 aromatic rings. The molecule has 0 radical (unpaired) electrons. The Morgan fingerprint density at radius 3 is 1.56 bits per heavy atom. The highest BCUT2D eigenvalue weighted by molar-refractivity contribution is 6.02. The summed E-state index contributed by atoms with van der Waals surface area (Å²) in [7, 11) is 0. The fraction of sp³-hybridized carbons (Fsp3) is 0.321. The van der Waals surface area contributed by atoms with Crippen LogP contribution in [0.25, 0.3) is 11.1 Å². The lowest BCUT2D eigenvalue weighted by atomic mass is 9.98. The van der Waals surface area contributed by atoms with E-state index in [0.717, 1.165) is 22.3 Å². The smallest absolute Gasteiger partial charge is 0.407 e. The number of ether oxygens (including phenoxy) is 1. The molecule has 13 heteroatoms. The van der Waals surface area contributed by atoms with Gasteiger partial charge in [0.1, 0.15) is 6.61 Å².